The molecule has 0 aliphatic heterocycles. The molecular formula is C14H12Br2N3O2S-. The number of nitrogens with one attached hydrogen (secondary N) is 1. The van der Waals surface area contributed by atoms with Gasteiger partial charge in [-0.05, 0) is 51.8 Å². The minimum Gasteiger partial charge on any atom is -0.772 e. The average molecular weight is 446 g/mol. The van der Waals surface area contributed by atoms with E-state index in [0.29, 0.717) is 16.9 Å². The molecule has 1 atom stereocenters. The first-order valence-corrected chi connectivity index (χ1v) is 8.95. The van der Waals surface area contributed by atoms with Gasteiger partial charge in [-0.15, -0.1) is 0 Å². The lowest BCUT2D eigenvalue weighted by molar-refractivity contribution is 0.536. The minimum absolute atomic E-state index is 0.0841. The molecule has 0 fully saturated rings. The summed E-state index contributed by atoms with van der Waals surface area (Å²) in [4.78, 5) is 1.53. The number of nitrogens with zero attached hydrogens (tertiary/aromatic N) is 1. The van der Waals surface area contributed by atoms with Gasteiger partial charge in [-0.1, -0.05) is 39.1 Å². The summed E-state index contributed by atoms with van der Waals surface area (Å²) < 4.78 is 23.3. The minimum atomic E-state index is -2.17. The number of guanidine groups is 1. The second kappa shape index (κ2) is 7.36. The van der Waals surface area contributed by atoms with Gasteiger partial charge in [-0.3, -0.25) is 14.5 Å². The molecule has 2 aromatic rings. The predicted octanol–water partition coefficient (Wildman–Crippen LogP) is 3.62. The van der Waals surface area contributed by atoms with Crippen LogP contribution in [0, 0.1) is 5.41 Å². The van der Waals surface area contributed by atoms with Crippen LogP contribution in [0.3, 0.4) is 0 Å². The van der Waals surface area contributed by atoms with E-state index in [-0.39, 0.29) is 11.7 Å². The zero-order chi connectivity index (χ0) is 16.3. The highest BCUT2D eigenvalue weighted by atomic mass is 79.9. The van der Waals surface area contributed by atoms with Crippen molar-refractivity contribution in [3.8, 4) is 0 Å². The Kier molecular flexibility index (Phi) is 5.74. The second-order valence-corrected chi connectivity index (χ2v) is 7.10. The van der Waals surface area contributed by atoms with E-state index < -0.39 is 11.1 Å². The Morgan fingerprint density at radius 2 is 2.00 bits per heavy atom. The Morgan fingerprint density at radius 3 is 2.64 bits per heavy atom. The summed E-state index contributed by atoms with van der Waals surface area (Å²) in [5.74, 6) is -0.251. The van der Waals surface area contributed by atoms with E-state index in [0.717, 1.165) is 8.95 Å². The molecule has 0 amide bonds. The molecule has 0 radical (unpaired) electrons. The molecule has 116 valence electrons. The summed E-state index contributed by atoms with van der Waals surface area (Å²) in [6.07, 6.45) is 0. The van der Waals surface area contributed by atoms with Crippen molar-refractivity contribution in [1.29, 1.82) is 5.41 Å². The molecule has 0 spiro atoms. The van der Waals surface area contributed by atoms with Crippen LogP contribution in [0.5, 0.6) is 0 Å². The van der Waals surface area contributed by atoms with Gasteiger partial charge in [0, 0.05) is 20.4 Å². The van der Waals surface area contributed by atoms with E-state index in [1.54, 1.807) is 24.3 Å². The van der Waals surface area contributed by atoms with E-state index >= 15 is 0 Å². The molecule has 0 aliphatic carbocycles. The lowest BCUT2D eigenvalue weighted by Gasteiger charge is -2.25. The van der Waals surface area contributed by atoms with E-state index in [2.05, 4.69) is 31.9 Å². The van der Waals surface area contributed by atoms with Crippen molar-refractivity contribution in [2.24, 2.45) is 5.73 Å². The van der Waals surface area contributed by atoms with Gasteiger partial charge in [0.05, 0.1) is 5.69 Å². The molecule has 3 N–H and O–H groups in total. The van der Waals surface area contributed by atoms with Crippen LogP contribution in [0.25, 0.3) is 0 Å². The molecule has 0 saturated carbocycles. The standard InChI is InChI=1S/C14H13Br2N3O2S/c15-10-4-5-12(16)13(7-10)19(14(17)18)11-3-1-2-9(6-11)8-22(20)21/h1-7H,8H2,(H3,17,18)(H,20,21)/p-1. The van der Waals surface area contributed by atoms with Crippen molar-refractivity contribution in [3.63, 3.8) is 0 Å². The first kappa shape index (κ1) is 17.1. The van der Waals surface area contributed by atoms with Crippen molar-refractivity contribution >= 4 is 60.3 Å². The molecule has 0 bridgehead atoms. The van der Waals surface area contributed by atoms with Crippen LogP contribution in [0.4, 0.5) is 11.4 Å². The van der Waals surface area contributed by atoms with Gasteiger partial charge in [-0.25, -0.2) is 0 Å². The first-order chi connectivity index (χ1) is 10.4. The molecule has 1 unspecified atom stereocenters. The second-order valence-electron chi connectivity index (χ2n) is 4.43. The molecule has 22 heavy (non-hydrogen) atoms. The largest absolute Gasteiger partial charge is 0.772 e. The summed E-state index contributed by atoms with van der Waals surface area (Å²) in [5, 5.41) is 7.85. The molecule has 0 heterocycles. The quantitative estimate of drug-likeness (QED) is 0.427. The van der Waals surface area contributed by atoms with Gasteiger partial charge in [0.15, 0.2) is 5.96 Å². The van der Waals surface area contributed by atoms with Crippen molar-refractivity contribution < 1.29 is 8.76 Å². The molecular weight excluding hydrogens is 434 g/mol. The average Bonchev–Trinajstić information content (AvgIpc) is 2.42. The van der Waals surface area contributed by atoms with E-state index in [1.165, 1.54) is 4.90 Å². The SMILES string of the molecule is N=C(N)N(c1cccc(CS(=O)[O-])c1)c1cc(Br)ccc1Br. The summed E-state index contributed by atoms with van der Waals surface area (Å²) in [6.45, 7) is 0. The van der Waals surface area contributed by atoms with Crippen molar-refractivity contribution in [1.82, 2.24) is 0 Å². The maximum atomic E-state index is 10.9. The maximum absolute atomic E-state index is 10.9. The van der Waals surface area contributed by atoms with Crippen molar-refractivity contribution in [3.05, 3.63) is 57.0 Å². The number of rotatable bonds is 4. The molecule has 2 rings (SSSR count). The fourth-order valence-electron chi connectivity index (χ4n) is 1.99. The van der Waals surface area contributed by atoms with E-state index in [9.17, 15) is 8.76 Å². The third kappa shape index (κ3) is 4.16. The van der Waals surface area contributed by atoms with Crippen LogP contribution in [0.15, 0.2) is 51.4 Å². The number of hydrogen-bond donors (Lipinski definition) is 2. The Balaban J connectivity index is 2.51. The van der Waals surface area contributed by atoms with Crippen LogP contribution in [-0.2, 0) is 16.8 Å². The van der Waals surface area contributed by atoms with Crippen LogP contribution < -0.4 is 10.6 Å². The molecule has 5 nitrogen and oxygen atoms in total. The highest BCUT2D eigenvalue weighted by molar-refractivity contribution is 9.11. The van der Waals surface area contributed by atoms with Crippen LogP contribution >= 0.6 is 31.9 Å². The monoisotopic (exact) mass is 444 g/mol. The van der Waals surface area contributed by atoms with Gasteiger partial charge in [0.2, 0.25) is 0 Å². The van der Waals surface area contributed by atoms with Gasteiger partial charge < -0.3 is 10.3 Å². The normalized spacial score (nSPS) is 12.0. The van der Waals surface area contributed by atoms with Gasteiger partial charge in [0.1, 0.15) is 0 Å². The number of nitrogens with two attached hydrogens (primary N) is 1. The smallest absolute Gasteiger partial charge is 0.197 e. The van der Waals surface area contributed by atoms with Gasteiger partial charge >= 0.3 is 0 Å². The topological polar surface area (TPSA) is 93.2 Å². The summed E-state index contributed by atoms with van der Waals surface area (Å²) in [7, 11) is 0. The van der Waals surface area contributed by atoms with Crippen LogP contribution in [0.1, 0.15) is 5.56 Å². The fourth-order valence-corrected chi connectivity index (χ4v) is 3.21. The molecule has 0 aromatic heterocycles. The first-order valence-electron chi connectivity index (χ1n) is 6.12. The van der Waals surface area contributed by atoms with Gasteiger partial charge in [0.25, 0.3) is 0 Å². The Bertz CT molecular complexity index is 740. The fraction of sp³-hybridized carbons (Fsp3) is 0.0714. The molecule has 2 aromatic carbocycles. The van der Waals surface area contributed by atoms with Crippen molar-refractivity contribution in [2.45, 2.75) is 5.75 Å². The number of halogens is 2. The third-order valence-electron chi connectivity index (χ3n) is 2.84. The Labute approximate surface area is 147 Å². The number of benzene rings is 2. The molecule has 0 aliphatic rings. The summed E-state index contributed by atoms with van der Waals surface area (Å²) in [5.41, 5.74) is 7.65. The zero-order valence-corrected chi connectivity index (χ0v) is 15.2. The van der Waals surface area contributed by atoms with E-state index in [4.69, 9.17) is 11.1 Å². The Hall–Kier alpha value is -1.22. The van der Waals surface area contributed by atoms with Crippen molar-refractivity contribution in [2.75, 3.05) is 4.90 Å². The van der Waals surface area contributed by atoms with Crippen LogP contribution in [0.2, 0.25) is 0 Å². The maximum Gasteiger partial charge on any atom is 0.197 e. The highest BCUT2D eigenvalue weighted by Gasteiger charge is 2.16. The Morgan fingerprint density at radius 1 is 1.27 bits per heavy atom. The summed E-state index contributed by atoms with van der Waals surface area (Å²) >= 11 is 4.66. The molecule has 8 heteroatoms. The zero-order valence-electron chi connectivity index (χ0n) is 11.3. The van der Waals surface area contributed by atoms with E-state index in [1.807, 2.05) is 18.2 Å². The summed E-state index contributed by atoms with van der Waals surface area (Å²) in [6, 6.07) is 12.4. The predicted molar refractivity (Wildman–Crippen MR) is 95.0 cm³/mol. The van der Waals surface area contributed by atoms with Crippen LogP contribution in [-0.4, -0.2) is 14.7 Å². The molecule has 0 saturated heterocycles. The number of hydrogen-bond acceptors (Lipinski definition) is 3. The van der Waals surface area contributed by atoms with Gasteiger partial charge in [-0.2, -0.15) is 0 Å². The highest BCUT2D eigenvalue weighted by Crippen LogP contribution is 2.34. The lowest BCUT2D eigenvalue weighted by Crippen LogP contribution is -2.32. The lowest BCUT2D eigenvalue weighted by atomic mass is 10.2. The number of anilines is 2. The third-order valence-corrected chi connectivity index (χ3v) is 4.58.